The topological polar surface area (TPSA) is 84.2 Å². The molecule has 126 valence electrons. The van der Waals surface area contributed by atoms with Crippen LogP contribution in [0.1, 0.15) is 21.5 Å². The number of rotatable bonds is 5. The summed E-state index contributed by atoms with van der Waals surface area (Å²) in [6, 6.07) is 14.4. The fourth-order valence-electron chi connectivity index (χ4n) is 2.55. The molecule has 6 nitrogen and oxygen atoms in total. The Hall–Kier alpha value is -3.41. The van der Waals surface area contributed by atoms with Crippen molar-refractivity contribution >= 4 is 17.6 Å². The lowest BCUT2D eigenvalue weighted by molar-refractivity contribution is -0.115. The molecule has 0 bridgehead atoms. The van der Waals surface area contributed by atoms with Crippen LogP contribution in [0.2, 0.25) is 0 Å². The Morgan fingerprint density at radius 2 is 1.92 bits per heavy atom. The van der Waals surface area contributed by atoms with E-state index >= 15 is 0 Å². The molecule has 6 heteroatoms. The summed E-state index contributed by atoms with van der Waals surface area (Å²) < 4.78 is 1.72. The molecule has 3 aromatic rings. The molecule has 0 saturated carbocycles. The Bertz CT molecular complexity index is 917. The molecule has 1 aromatic heterocycles. The highest BCUT2D eigenvalue weighted by atomic mass is 16.4. The Labute approximate surface area is 144 Å². The van der Waals surface area contributed by atoms with Crippen LogP contribution in [0, 0.1) is 6.92 Å². The average Bonchev–Trinajstić information content (AvgIpc) is 3.03. The van der Waals surface area contributed by atoms with Gasteiger partial charge in [-0.2, -0.15) is 5.10 Å². The highest BCUT2D eigenvalue weighted by molar-refractivity contribution is 5.94. The zero-order valence-corrected chi connectivity index (χ0v) is 13.6. The second-order valence-corrected chi connectivity index (χ2v) is 5.69. The van der Waals surface area contributed by atoms with Crippen molar-refractivity contribution in [1.29, 1.82) is 0 Å². The minimum absolute atomic E-state index is 0.185. The van der Waals surface area contributed by atoms with Crippen molar-refractivity contribution < 1.29 is 14.7 Å². The zero-order chi connectivity index (χ0) is 17.8. The van der Waals surface area contributed by atoms with E-state index in [4.69, 9.17) is 5.11 Å². The van der Waals surface area contributed by atoms with Gasteiger partial charge in [-0.3, -0.25) is 4.79 Å². The largest absolute Gasteiger partial charge is 0.478 e. The van der Waals surface area contributed by atoms with E-state index in [1.165, 1.54) is 6.07 Å². The Balaban J connectivity index is 1.66. The van der Waals surface area contributed by atoms with Crippen LogP contribution in [0.25, 0.3) is 5.69 Å². The van der Waals surface area contributed by atoms with Crippen LogP contribution < -0.4 is 5.32 Å². The number of benzene rings is 2. The van der Waals surface area contributed by atoms with Crippen molar-refractivity contribution in [3.8, 4) is 5.69 Å². The lowest BCUT2D eigenvalue weighted by Crippen LogP contribution is -2.14. The van der Waals surface area contributed by atoms with Crippen LogP contribution in [-0.4, -0.2) is 26.8 Å². The number of carbonyl (C=O) groups excluding carboxylic acids is 1. The van der Waals surface area contributed by atoms with E-state index in [2.05, 4.69) is 10.4 Å². The van der Waals surface area contributed by atoms with Gasteiger partial charge in [0, 0.05) is 11.9 Å². The van der Waals surface area contributed by atoms with Crippen LogP contribution in [0.15, 0.2) is 60.9 Å². The van der Waals surface area contributed by atoms with Crippen LogP contribution >= 0.6 is 0 Å². The molecule has 2 aromatic carbocycles. The highest BCUT2D eigenvalue weighted by Crippen LogP contribution is 2.16. The van der Waals surface area contributed by atoms with E-state index in [9.17, 15) is 9.59 Å². The summed E-state index contributed by atoms with van der Waals surface area (Å²) in [5, 5.41) is 16.1. The Kier molecular flexibility index (Phi) is 4.61. The van der Waals surface area contributed by atoms with Gasteiger partial charge >= 0.3 is 5.97 Å². The third-order valence-corrected chi connectivity index (χ3v) is 3.76. The summed E-state index contributed by atoms with van der Waals surface area (Å²) in [6.45, 7) is 1.70. The van der Waals surface area contributed by atoms with Gasteiger partial charge in [0.2, 0.25) is 5.91 Å². The predicted octanol–water partition coefficient (Wildman–Crippen LogP) is 3.06. The molecular formula is C19H17N3O3. The lowest BCUT2D eigenvalue weighted by atomic mass is 10.1. The molecule has 0 aliphatic rings. The Morgan fingerprint density at radius 3 is 2.60 bits per heavy atom. The molecule has 0 unspecified atom stereocenters. The van der Waals surface area contributed by atoms with E-state index in [1.54, 1.807) is 29.9 Å². The maximum atomic E-state index is 12.2. The number of carboxylic acids is 1. The number of nitrogens with zero attached hydrogens (tertiary/aromatic N) is 2. The second-order valence-electron chi connectivity index (χ2n) is 5.69. The Morgan fingerprint density at radius 1 is 1.16 bits per heavy atom. The third kappa shape index (κ3) is 3.92. The first-order chi connectivity index (χ1) is 12.0. The molecule has 0 saturated heterocycles. The molecule has 0 aliphatic carbocycles. The van der Waals surface area contributed by atoms with Crippen LogP contribution in [-0.2, 0) is 11.2 Å². The summed E-state index contributed by atoms with van der Waals surface area (Å²) in [5.41, 5.74) is 3.11. The first-order valence-corrected chi connectivity index (χ1v) is 7.76. The van der Waals surface area contributed by atoms with Gasteiger partial charge in [-0.05, 0) is 48.4 Å². The molecular weight excluding hydrogens is 318 g/mol. The van der Waals surface area contributed by atoms with Gasteiger partial charge in [0.1, 0.15) is 0 Å². The molecule has 0 radical (unpaired) electrons. The molecule has 25 heavy (non-hydrogen) atoms. The first kappa shape index (κ1) is 16.4. The molecule has 3 rings (SSSR count). The molecule has 0 spiro atoms. The van der Waals surface area contributed by atoms with Gasteiger partial charge in [-0.1, -0.05) is 18.2 Å². The first-order valence-electron chi connectivity index (χ1n) is 7.76. The number of anilines is 1. The normalized spacial score (nSPS) is 10.4. The number of hydrogen-bond donors (Lipinski definition) is 2. The highest BCUT2D eigenvalue weighted by Gasteiger charge is 2.10. The minimum atomic E-state index is -0.983. The van der Waals surface area contributed by atoms with Crippen molar-refractivity contribution in [3.05, 3.63) is 77.6 Å². The second kappa shape index (κ2) is 7.00. The van der Waals surface area contributed by atoms with Gasteiger partial charge in [0.15, 0.2) is 0 Å². The van der Waals surface area contributed by atoms with Gasteiger partial charge in [-0.15, -0.1) is 0 Å². The number of hydrogen-bond acceptors (Lipinski definition) is 3. The van der Waals surface area contributed by atoms with E-state index < -0.39 is 5.97 Å². The summed E-state index contributed by atoms with van der Waals surface area (Å²) in [4.78, 5) is 23.2. The van der Waals surface area contributed by atoms with Crippen LogP contribution in [0.4, 0.5) is 5.69 Å². The predicted molar refractivity (Wildman–Crippen MR) is 94.0 cm³/mol. The van der Waals surface area contributed by atoms with Crippen molar-refractivity contribution in [1.82, 2.24) is 9.78 Å². The number of carbonyl (C=O) groups is 2. The summed E-state index contributed by atoms with van der Waals surface area (Å²) in [5.74, 6) is -1.17. The maximum absolute atomic E-state index is 12.2. The monoisotopic (exact) mass is 335 g/mol. The number of aryl methyl sites for hydroxylation is 1. The van der Waals surface area contributed by atoms with Gasteiger partial charge < -0.3 is 10.4 Å². The van der Waals surface area contributed by atoms with Crippen molar-refractivity contribution in [2.24, 2.45) is 0 Å². The fraction of sp³-hybridized carbons (Fsp3) is 0.105. The van der Waals surface area contributed by atoms with E-state index in [0.717, 1.165) is 11.3 Å². The number of aromatic carboxylic acids is 1. The minimum Gasteiger partial charge on any atom is -0.478 e. The number of aromatic nitrogens is 2. The quantitative estimate of drug-likeness (QED) is 0.750. The molecule has 0 atom stereocenters. The standard InChI is InChI=1S/C19H17N3O3/c1-13-9-15(7-8-17(13)19(24)25)21-18(23)10-14-11-20-22(12-14)16-5-3-2-4-6-16/h2-9,11-12H,10H2,1H3,(H,21,23)(H,24,25). The zero-order valence-electron chi connectivity index (χ0n) is 13.6. The average molecular weight is 335 g/mol. The number of carboxylic acid groups (broad SMARTS) is 1. The molecule has 2 N–H and O–H groups in total. The maximum Gasteiger partial charge on any atom is 0.335 e. The molecule has 0 aliphatic heterocycles. The van der Waals surface area contributed by atoms with Crippen molar-refractivity contribution in [3.63, 3.8) is 0 Å². The SMILES string of the molecule is Cc1cc(NC(=O)Cc2cnn(-c3ccccc3)c2)ccc1C(=O)O. The van der Waals surface area contributed by atoms with E-state index in [-0.39, 0.29) is 17.9 Å². The van der Waals surface area contributed by atoms with Gasteiger partial charge in [0.05, 0.1) is 23.9 Å². The van der Waals surface area contributed by atoms with Crippen molar-refractivity contribution in [2.45, 2.75) is 13.3 Å². The number of amides is 1. The van der Waals surface area contributed by atoms with Crippen LogP contribution in [0.3, 0.4) is 0 Å². The van der Waals surface area contributed by atoms with Crippen LogP contribution in [0.5, 0.6) is 0 Å². The fourth-order valence-corrected chi connectivity index (χ4v) is 2.55. The molecule has 0 fully saturated rings. The van der Waals surface area contributed by atoms with E-state index in [0.29, 0.717) is 11.3 Å². The lowest BCUT2D eigenvalue weighted by Gasteiger charge is -2.07. The number of nitrogens with one attached hydrogen (secondary N) is 1. The molecule has 1 heterocycles. The summed E-state index contributed by atoms with van der Waals surface area (Å²) >= 11 is 0. The molecule has 1 amide bonds. The van der Waals surface area contributed by atoms with E-state index in [1.807, 2.05) is 36.5 Å². The summed E-state index contributed by atoms with van der Waals surface area (Å²) in [6.07, 6.45) is 3.66. The van der Waals surface area contributed by atoms with Gasteiger partial charge in [-0.25, -0.2) is 9.48 Å². The van der Waals surface area contributed by atoms with Gasteiger partial charge in [0.25, 0.3) is 0 Å². The van der Waals surface area contributed by atoms with Crippen molar-refractivity contribution in [2.75, 3.05) is 5.32 Å². The smallest absolute Gasteiger partial charge is 0.335 e. The third-order valence-electron chi connectivity index (χ3n) is 3.76. The summed E-state index contributed by atoms with van der Waals surface area (Å²) in [7, 11) is 0. The number of para-hydroxylation sites is 1.